The van der Waals surface area contributed by atoms with E-state index in [4.69, 9.17) is 0 Å². The van der Waals surface area contributed by atoms with Gasteiger partial charge >= 0.3 is 0 Å². The van der Waals surface area contributed by atoms with E-state index >= 15 is 0 Å². The first-order chi connectivity index (χ1) is 9.00. The van der Waals surface area contributed by atoms with E-state index in [9.17, 15) is 14.9 Å². The van der Waals surface area contributed by atoms with Gasteiger partial charge in [-0.05, 0) is 24.6 Å². The van der Waals surface area contributed by atoms with Gasteiger partial charge < -0.3 is 0 Å². The summed E-state index contributed by atoms with van der Waals surface area (Å²) in [5, 5.41) is 10.9. The molecule has 0 fully saturated rings. The Morgan fingerprint density at radius 2 is 1.95 bits per heavy atom. The van der Waals surface area contributed by atoms with Crippen LogP contribution in [0.15, 0.2) is 54.0 Å². The van der Waals surface area contributed by atoms with Crippen molar-refractivity contribution in [2.45, 2.75) is 6.92 Å². The molecule has 0 amide bonds. The lowest BCUT2D eigenvalue weighted by Crippen LogP contribution is -2.21. The van der Waals surface area contributed by atoms with E-state index in [2.05, 4.69) is 6.58 Å². The van der Waals surface area contributed by atoms with Gasteiger partial charge in [0.25, 0.3) is 11.2 Å². The van der Waals surface area contributed by atoms with Crippen molar-refractivity contribution >= 4 is 11.3 Å². The summed E-state index contributed by atoms with van der Waals surface area (Å²) in [6.45, 7) is 5.33. The van der Waals surface area contributed by atoms with Crippen LogP contribution in [0.25, 0.3) is 11.3 Å². The van der Waals surface area contributed by atoms with Crippen LogP contribution in [0.5, 0.6) is 0 Å². The molecule has 5 heteroatoms. The molecule has 19 heavy (non-hydrogen) atoms. The van der Waals surface area contributed by atoms with Crippen LogP contribution in [0.2, 0.25) is 0 Å². The molecule has 1 aromatic carbocycles. The third-order valence-corrected chi connectivity index (χ3v) is 2.71. The van der Waals surface area contributed by atoms with Crippen LogP contribution in [0.1, 0.15) is 12.5 Å². The molecule has 1 heterocycles. The minimum absolute atomic E-state index is 0.138. The molecular weight excluding hydrogens is 244 g/mol. The zero-order chi connectivity index (χ0) is 14.0. The van der Waals surface area contributed by atoms with E-state index in [1.165, 1.54) is 16.8 Å². The smallest absolute Gasteiger partial charge is 0.277 e. The van der Waals surface area contributed by atoms with Crippen LogP contribution in [-0.4, -0.2) is 9.49 Å². The summed E-state index contributed by atoms with van der Waals surface area (Å²) in [7, 11) is 0. The molecular formula is C14H12N2O3. The van der Waals surface area contributed by atoms with Crippen LogP contribution in [0, 0.1) is 10.1 Å². The van der Waals surface area contributed by atoms with Crippen molar-refractivity contribution in [1.82, 2.24) is 4.57 Å². The van der Waals surface area contributed by atoms with Crippen LogP contribution in [0.3, 0.4) is 0 Å². The molecule has 0 saturated carbocycles. The van der Waals surface area contributed by atoms with Crippen LogP contribution in [-0.2, 0) is 0 Å². The average molecular weight is 256 g/mol. The lowest BCUT2D eigenvalue weighted by molar-refractivity contribution is -0.385. The molecule has 5 nitrogen and oxygen atoms in total. The summed E-state index contributed by atoms with van der Waals surface area (Å²) in [5.41, 5.74) is 0.876. The second-order valence-corrected chi connectivity index (χ2v) is 4.16. The Morgan fingerprint density at radius 1 is 1.32 bits per heavy atom. The monoisotopic (exact) mass is 256 g/mol. The Kier molecular flexibility index (Phi) is 3.29. The van der Waals surface area contributed by atoms with Crippen LogP contribution < -0.4 is 5.56 Å². The predicted molar refractivity (Wildman–Crippen MR) is 73.4 cm³/mol. The largest absolute Gasteiger partial charge is 0.286 e. The zero-order valence-electron chi connectivity index (χ0n) is 10.4. The van der Waals surface area contributed by atoms with Gasteiger partial charge in [-0.15, -0.1) is 0 Å². The normalized spacial score (nSPS) is 10.2. The number of hydrogen-bond acceptors (Lipinski definition) is 3. The highest BCUT2D eigenvalue weighted by atomic mass is 16.6. The first kappa shape index (κ1) is 12.8. The number of nitro groups is 1. The van der Waals surface area contributed by atoms with Crippen LogP contribution in [0.4, 0.5) is 5.69 Å². The Morgan fingerprint density at radius 3 is 2.47 bits per heavy atom. The number of hydrogen-bond donors (Lipinski definition) is 0. The molecule has 1 aromatic heterocycles. The van der Waals surface area contributed by atoms with Crippen molar-refractivity contribution in [2.24, 2.45) is 0 Å². The fourth-order valence-electron chi connectivity index (χ4n) is 1.75. The van der Waals surface area contributed by atoms with Crippen molar-refractivity contribution in [2.75, 3.05) is 0 Å². The Bertz CT molecular complexity index is 702. The highest BCUT2D eigenvalue weighted by molar-refractivity contribution is 5.63. The molecule has 96 valence electrons. The van der Waals surface area contributed by atoms with Gasteiger partial charge in [0.1, 0.15) is 0 Å². The van der Waals surface area contributed by atoms with E-state index in [0.29, 0.717) is 11.3 Å². The number of para-hydroxylation sites is 1. The summed E-state index contributed by atoms with van der Waals surface area (Å²) in [4.78, 5) is 22.7. The van der Waals surface area contributed by atoms with Gasteiger partial charge in [0.05, 0.1) is 11.1 Å². The quantitative estimate of drug-likeness (QED) is 0.626. The van der Waals surface area contributed by atoms with Crippen molar-refractivity contribution < 1.29 is 4.92 Å². The maximum Gasteiger partial charge on any atom is 0.286 e. The molecule has 0 aliphatic rings. The van der Waals surface area contributed by atoms with Gasteiger partial charge in [-0.3, -0.25) is 19.5 Å². The Hall–Kier alpha value is -2.69. The van der Waals surface area contributed by atoms with Crippen molar-refractivity contribution in [3.05, 3.63) is 75.2 Å². The highest BCUT2D eigenvalue weighted by Gasteiger charge is 2.14. The fraction of sp³-hybridized carbons (Fsp3) is 0.0714. The van der Waals surface area contributed by atoms with Gasteiger partial charge in [-0.1, -0.05) is 24.8 Å². The fourth-order valence-corrected chi connectivity index (χ4v) is 1.75. The molecule has 0 N–H and O–H groups in total. The lowest BCUT2D eigenvalue weighted by atomic mass is 10.1. The maximum absolute atomic E-state index is 12.3. The van der Waals surface area contributed by atoms with E-state index in [-0.39, 0.29) is 16.8 Å². The number of nitrogens with zero attached hydrogens (tertiary/aromatic N) is 2. The van der Waals surface area contributed by atoms with Gasteiger partial charge in [0.2, 0.25) is 0 Å². The van der Waals surface area contributed by atoms with Crippen molar-refractivity contribution in [3.8, 4) is 5.69 Å². The molecule has 0 atom stereocenters. The topological polar surface area (TPSA) is 65.1 Å². The predicted octanol–water partition coefficient (Wildman–Crippen LogP) is 2.78. The summed E-state index contributed by atoms with van der Waals surface area (Å²) >= 11 is 0. The molecule has 0 bridgehead atoms. The molecule has 0 saturated heterocycles. The average Bonchev–Trinajstić information content (AvgIpc) is 2.39. The number of aromatic nitrogens is 1. The van der Waals surface area contributed by atoms with Crippen molar-refractivity contribution in [1.29, 1.82) is 0 Å². The summed E-state index contributed by atoms with van der Waals surface area (Å²) in [6.07, 6.45) is 1.23. The summed E-state index contributed by atoms with van der Waals surface area (Å²) in [6, 6.07) is 10.0. The Labute approximate surface area is 109 Å². The van der Waals surface area contributed by atoms with Gasteiger partial charge in [-0.25, -0.2) is 0 Å². The summed E-state index contributed by atoms with van der Waals surface area (Å²) < 4.78 is 1.27. The standard InChI is InChI=1S/C14H12N2O3/c1-10(2)13-8-12(16(18)19)9-15(14(13)17)11-6-4-3-5-7-11/h3-9H,1H2,2H3. The van der Waals surface area contributed by atoms with E-state index < -0.39 is 4.92 Å². The first-order valence-corrected chi connectivity index (χ1v) is 5.63. The zero-order valence-corrected chi connectivity index (χ0v) is 10.4. The van der Waals surface area contributed by atoms with E-state index in [0.717, 1.165) is 0 Å². The van der Waals surface area contributed by atoms with E-state index in [1.54, 1.807) is 31.2 Å². The third kappa shape index (κ3) is 2.44. The summed E-state index contributed by atoms with van der Waals surface area (Å²) in [5.74, 6) is 0. The molecule has 0 aliphatic heterocycles. The molecule has 2 aromatic rings. The van der Waals surface area contributed by atoms with Gasteiger partial charge in [-0.2, -0.15) is 0 Å². The highest BCUT2D eigenvalue weighted by Crippen LogP contribution is 2.17. The molecule has 0 unspecified atom stereocenters. The third-order valence-electron chi connectivity index (χ3n) is 2.71. The maximum atomic E-state index is 12.3. The number of pyridine rings is 1. The second kappa shape index (κ2) is 4.89. The number of rotatable bonds is 3. The Balaban J connectivity index is 2.77. The molecule has 0 aliphatic carbocycles. The van der Waals surface area contributed by atoms with Crippen LogP contribution >= 0.6 is 0 Å². The molecule has 0 radical (unpaired) electrons. The first-order valence-electron chi connectivity index (χ1n) is 5.63. The van der Waals surface area contributed by atoms with Crippen molar-refractivity contribution in [3.63, 3.8) is 0 Å². The minimum atomic E-state index is -0.523. The molecule has 0 spiro atoms. The molecule has 2 rings (SSSR count). The van der Waals surface area contributed by atoms with Gasteiger partial charge in [0, 0.05) is 17.3 Å². The lowest BCUT2D eigenvalue weighted by Gasteiger charge is -2.08. The van der Waals surface area contributed by atoms with E-state index in [1.807, 2.05) is 6.07 Å². The minimum Gasteiger partial charge on any atom is -0.277 e. The van der Waals surface area contributed by atoms with Gasteiger partial charge in [0.15, 0.2) is 0 Å². The second-order valence-electron chi connectivity index (χ2n) is 4.16. The SMILES string of the molecule is C=C(C)c1cc([N+](=O)[O-])cn(-c2ccccc2)c1=O. The number of allylic oxidation sites excluding steroid dienone is 1. The number of benzene rings is 1.